The molecule has 2 aliphatic heterocycles. The monoisotopic (exact) mass is 933 g/mol. The predicted molar refractivity (Wildman–Crippen MR) is 302 cm³/mol. The molecule has 0 saturated heterocycles. The van der Waals surface area contributed by atoms with E-state index in [1.807, 2.05) is 24.3 Å². The summed E-state index contributed by atoms with van der Waals surface area (Å²) in [7, 11) is 0. The molecule has 14 rings (SSSR count). The molecule has 0 radical (unpaired) electrons. The van der Waals surface area contributed by atoms with Gasteiger partial charge in [0, 0.05) is 56.1 Å². The van der Waals surface area contributed by atoms with Gasteiger partial charge in [0.2, 0.25) is 0 Å². The maximum absolute atomic E-state index is 9.91. The number of benzene rings is 10. The van der Waals surface area contributed by atoms with Crippen molar-refractivity contribution < 1.29 is 4.74 Å². The van der Waals surface area contributed by atoms with Gasteiger partial charge in [-0.1, -0.05) is 154 Å². The van der Waals surface area contributed by atoms with E-state index in [4.69, 9.17) is 11.3 Å². The second-order valence-corrected chi connectivity index (χ2v) is 20.3. The average Bonchev–Trinajstić information content (AvgIpc) is 3.95. The Labute approximate surface area is 423 Å². The van der Waals surface area contributed by atoms with Crippen molar-refractivity contribution in [3.8, 4) is 51.2 Å². The lowest BCUT2D eigenvalue weighted by molar-refractivity contribution is 0.483. The topological polar surface area (TPSA) is 50.5 Å². The summed E-state index contributed by atoms with van der Waals surface area (Å²) in [5, 5.41) is 14.2. The Bertz CT molecular complexity index is 4320. The van der Waals surface area contributed by atoms with Crippen molar-refractivity contribution in [2.75, 3.05) is 4.90 Å². The standard InChI is InChI=1S/C66H44BN5O/c1-66(2,3)44-35-61-64-63(36-44)73-62-39-47(71-56-24-13-11-20-50(56)52-34-41(40-68)26-32-58(52)71)29-31-55(62)67(64)54-30-28-46(70-57-25-14-12-21-51(57)53-37-45(69-4)27-33-59(53)70)38-60(54)72(61)65-48(42-16-7-5-8-17-42)22-15-23-49(65)43-18-9-6-10-19-43/h5-39H,1-3H3. The first-order valence-corrected chi connectivity index (χ1v) is 24.8. The minimum absolute atomic E-state index is 0.183. The quantitative estimate of drug-likeness (QED) is 0.128. The maximum Gasteiger partial charge on any atom is 0.256 e. The van der Waals surface area contributed by atoms with Crippen molar-refractivity contribution in [3.05, 3.63) is 235 Å². The largest absolute Gasteiger partial charge is 0.458 e. The molecule has 10 aromatic carbocycles. The third-order valence-electron chi connectivity index (χ3n) is 15.1. The average molecular weight is 934 g/mol. The molecule has 342 valence electrons. The van der Waals surface area contributed by atoms with Crippen molar-refractivity contribution in [2.45, 2.75) is 26.2 Å². The summed E-state index contributed by atoms with van der Waals surface area (Å²) in [6.07, 6.45) is 0. The highest BCUT2D eigenvalue weighted by molar-refractivity contribution is 6.99. The fourth-order valence-electron chi connectivity index (χ4n) is 11.8. The molecule has 6 nitrogen and oxygen atoms in total. The van der Waals surface area contributed by atoms with Crippen molar-refractivity contribution in [1.82, 2.24) is 9.13 Å². The second-order valence-electron chi connectivity index (χ2n) is 20.3. The summed E-state index contributed by atoms with van der Waals surface area (Å²) >= 11 is 0. The van der Waals surface area contributed by atoms with E-state index in [0.717, 1.165) is 128 Å². The molecular formula is C66H44BN5O. The summed E-state index contributed by atoms with van der Waals surface area (Å²) in [4.78, 5) is 6.37. The molecule has 0 bridgehead atoms. The van der Waals surface area contributed by atoms with Gasteiger partial charge in [0.05, 0.1) is 46.0 Å². The zero-order valence-electron chi connectivity index (χ0n) is 40.4. The summed E-state index contributed by atoms with van der Waals surface area (Å²) in [5.41, 5.74) is 19.5. The van der Waals surface area contributed by atoms with Gasteiger partial charge in [-0.15, -0.1) is 0 Å². The van der Waals surface area contributed by atoms with Crippen LogP contribution in [0.2, 0.25) is 0 Å². The Morgan fingerprint density at radius 3 is 1.71 bits per heavy atom. The smallest absolute Gasteiger partial charge is 0.256 e. The van der Waals surface area contributed by atoms with Gasteiger partial charge in [0.15, 0.2) is 5.69 Å². The number of aromatic nitrogens is 2. The highest BCUT2D eigenvalue weighted by Gasteiger charge is 2.44. The van der Waals surface area contributed by atoms with E-state index >= 15 is 0 Å². The molecule has 4 heterocycles. The molecule has 2 aliphatic rings. The molecule has 0 fully saturated rings. The van der Waals surface area contributed by atoms with Crippen LogP contribution < -0.4 is 26.0 Å². The molecule has 7 heteroatoms. The Morgan fingerprint density at radius 1 is 0.507 bits per heavy atom. The first-order valence-electron chi connectivity index (χ1n) is 24.8. The number of hydrogen-bond acceptors (Lipinski definition) is 3. The first kappa shape index (κ1) is 42.3. The lowest BCUT2D eigenvalue weighted by Gasteiger charge is -2.42. The second kappa shape index (κ2) is 16.0. The number of rotatable bonds is 5. The SMILES string of the molecule is [C-]#[N+]c1ccc2c(c1)c1ccccc1n2-c1ccc2c(c1)N(c1c(-c3ccccc3)cccc1-c1ccccc1)c1cc(C(C)(C)C)cc3c1B2c1ccc(-n2c4ccccc4c4cc(C#N)ccc42)cc1O3. The number of nitriles is 1. The van der Waals surface area contributed by atoms with Crippen molar-refractivity contribution >= 4 is 89.5 Å². The van der Waals surface area contributed by atoms with E-state index in [1.165, 1.54) is 0 Å². The molecule has 0 aliphatic carbocycles. The number of nitrogens with zero attached hydrogens (tertiary/aromatic N) is 5. The lowest BCUT2D eigenvalue weighted by atomic mass is 9.34. The van der Waals surface area contributed by atoms with Crippen LogP contribution in [0.25, 0.3) is 82.1 Å². The van der Waals surface area contributed by atoms with Gasteiger partial charge in [-0.25, -0.2) is 4.85 Å². The van der Waals surface area contributed by atoms with Gasteiger partial charge >= 0.3 is 0 Å². The normalized spacial score (nSPS) is 12.6. The van der Waals surface area contributed by atoms with E-state index < -0.39 is 0 Å². The highest BCUT2D eigenvalue weighted by atomic mass is 16.5. The lowest BCUT2D eigenvalue weighted by Crippen LogP contribution is -2.59. The van der Waals surface area contributed by atoms with E-state index in [-0.39, 0.29) is 12.1 Å². The van der Waals surface area contributed by atoms with Crippen LogP contribution >= 0.6 is 0 Å². The maximum atomic E-state index is 9.91. The molecule has 2 aromatic heterocycles. The van der Waals surface area contributed by atoms with E-state index in [1.54, 1.807) is 0 Å². The van der Waals surface area contributed by atoms with Gasteiger partial charge in [-0.2, -0.15) is 5.26 Å². The van der Waals surface area contributed by atoms with E-state index in [0.29, 0.717) is 11.3 Å². The summed E-state index contributed by atoms with van der Waals surface area (Å²) in [5.74, 6) is 1.65. The molecule has 0 unspecified atom stereocenters. The number of para-hydroxylation sites is 3. The Kier molecular flexibility index (Phi) is 9.27. The Morgan fingerprint density at radius 2 is 1.08 bits per heavy atom. The molecule has 73 heavy (non-hydrogen) atoms. The molecule has 0 saturated carbocycles. The summed E-state index contributed by atoms with van der Waals surface area (Å²) < 4.78 is 12.0. The third kappa shape index (κ3) is 6.42. The van der Waals surface area contributed by atoms with Crippen LogP contribution in [0.5, 0.6) is 11.5 Å². The molecule has 0 atom stereocenters. The Balaban J connectivity index is 1.08. The van der Waals surface area contributed by atoms with Crippen LogP contribution in [0.15, 0.2) is 212 Å². The van der Waals surface area contributed by atoms with E-state index in [2.05, 4.69) is 234 Å². The number of fused-ring (bicyclic) bond motifs is 10. The Hall–Kier alpha value is -9.56. The fourth-order valence-corrected chi connectivity index (χ4v) is 11.8. The highest BCUT2D eigenvalue weighted by Crippen LogP contribution is 2.50. The van der Waals surface area contributed by atoms with Crippen LogP contribution in [0.1, 0.15) is 31.9 Å². The summed E-state index contributed by atoms with van der Waals surface area (Å²) in [6, 6.07) is 78.0. The summed E-state index contributed by atoms with van der Waals surface area (Å²) in [6.45, 7) is 14.6. The van der Waals surface area contributed by atoms with Crippen LogP contribution in [0.4, 0.5) is 22.7 Å². The first-order chi connectivity index (χ1) is 35.7. The number of hydrogen-bond donors (Lipinski definition) is 0. The van der Waals surface area contributed by atoms with Gasteiger partial charge in [0.25, 0.3) is 6.71 Å². The number of ether oxygens (including phenoxy) is 1. The van der Waals surface area contributed by atoms with Gasteiger partial charge in [0.1, 0.15) is 11.5 Å². The zero-order valence-corrected chi connectivity index (χ0v) is 40.4. The van der Waals surface area contributed by atoms with Gasteiger partial charge < -0.3 is 18.8 Å². The minimum Gasteiger partial charge on any atom is -0.458 e. The van der Waals surface area contributed by atoms with Crippen LogP contribution in [0, 0.1) is 17.9 Å². The molecule has 0 amide bonds. The van der Waals surface area contributed by atoms with Crippen LogP contribution in [-0.4, -0.2) is 15.8 Å². The van der Waals surface area contributed by atoms with Crippen LogP contribution in [-0.2, 0) is 5.41 Å². The predicted octanol–water partition coefficient (Wildman–Crippen LogP) is 15.3. The van der Waals surface area contributed by atoms with Crippen molar-refractivity contribution in [2.24, 2.45) is 0 Å². The number of anilines is 3. The molecule has 0 spiro atoms. The van der Waals surface area contributed by atoms with Gasteiger partial charge in [-0.3, -0.25) is 0 Å². The van der Waals surface area contributed by atoms with Gasteiger partial charge in [-0.05, 0) is 117 Å². The zero-order chi connectivity index (χ0) is 49.1. The van der Waals surface area contributed by atoms with Crippen molar-refractivity contribution in [1.29, 1.82) is 5.26 Å². The third-order valence-corrected chi connectivity index (χ3v) is 15.1. The molecular weight excluding hydrogens is 890 g/mol. The molecule has 0 N–H and O–H groups in total. The molecule has 12 aromatic rings. The van der Waals surface area contributed by atoms with Crippen LogP contribution in [0.3, 0.4) is 0 Å². The van der Waals surface area contributed by atoms with E-state index in [9.17, 15) is 5.26 Å². The fraction of sp³-hybridized carbons (Fsp3) is 0.0606. The minimum atomic E-state index is -0.236. The van der Waals surface area contributed by atoms with Crippen molar-refractivity contribution in [3.63, 3.8) is 0 Å².